The molecule has 0 spiro atoms. The summed E-state index contributed by atoms with van der Waals surface area (Å²) in [6.45, 7) is 2.88. The van der Waals surface area contributed by atoms with E-state index in [1.807, 2.05) is 25.4 Å². The van der Waals surface area contributed by atoms with E-state index in [-0.39, 0.29) is 5.56 Å². The van der Waals surface area contributed by atoms with Gasteiger partial charge in [-0.15, -0.1) is 11.3 Å². The third-order valence-electron chi connectivity index (χ3n) is 3.60. The van der Waals surface area contributed by atoms with E-state index in [4.69, 9.17) is 0 Å². The van der Waals surface area contributed by atoms with E-state index in [0.29, 0.717) is 0 Å². The molecular formula is C14H17N3OS. The lowest BCUT2D eigenvalue weighted by molar-refractivity contribution is 0.780. The fraction of sp³-hybridized carbons (Fsp3) is 0.429. The van der Waals surface area contributed by atoms with Crippen LogP contribution in [0.3, 0.4) is 0 Å². The van der Waals surface area contributed by atoms with Crippen molar-refractivity contribution < 1.29 is 0 Å². The number of nitrogens with zero attached hydrogens (tertiary/aromatic N) is 2. The van der Waals surface area contributed by atoms with E-state index in [0.717, 1.165) is 42.2 Å². The Hall–Kier alpha value is -1.62. The monoisotopic (exact) mass is 275 g/mol. The van der Waals surface area contributed by atoms with Crippen LogP contribution in [0.5, 0.6) is 0 Å². The van der Waals surface area contributed by atoms with Crippen LogP contribution in [-0.4, -0.2) is 16.1 Å². The Morgan fingerprint density at radius 2 is 2.32 bits per heavy atom. The van der Waals surface area contributed by atoms with E-state index < -0.39 is 0 Å². The van der Waals surface area contributed by atoms with Crippen molar-refractivity contribution in [2.75, 3.05) is 11.9 Å². The predicted molar refractivity (Wildman–Crippen MR) is 79.0 cm³/mol. The average Bonchev–Trinajstić information content (AvgIpc) is 3.02. The highest BCUT2D eigenvalue weighted by Crippen LogP contribution is 2.27. The molecule has 0 radical (unpaired) electrons. The van der Waals surface area contributed by atoms with Crippen LogP contribution in [0.25, 0.3) is 11.3 Å². The second-order valence-electron chi connectivity index (χ2n) is 4.82. The minimum atomic E-state index is 0.0639. The average molecular weight is 275 g/mol. The summed E-state index contributed by atoms with van der Waals surface area (Å²) in [6.07, 6.45) is 3.23. The van der Waals surface area contributed by atoms with Gasteiger partial charge in [-0.2, -0.15) is 0 Å². The summed E-state index contributed by atoms with van der Waals surface area (Å²) in [4.78, 5) is 16.9. The van der Waals surface area contributed by atoms with Gasteiger partial charge in [-0.05, 0) is 37.8 Å². The van der Waals surface area contributed by atoms with Crippen molar-refractivity contribution in [3.05, 3.63) is 33.1 Å². The molecule has 0 saturated heterocycles. The number of rotatable bonds is 3. The molecule has 0 amide bonds. The van der Waals surface area contributed by atoms with Crippen molar-refractivity contribution in [2.45, 2.75) is 26.2 Å². The van der Waals surface area contributed by atoms with Gasteiger partial charge in [0.2, 0.25) is 0 Å². The van der Waals surface area contributed by atoms with Crippen LogP contribution in [-0.2, 0) is 19.9 Å². The smallest absolute Gasteiger partial charge is 0.259 e. The number of fused-ring (bicyclic) bond motifs is 1. The molecule has 100 valence electrons. The summed E-state index contributed by atoms with van der Waals surface area (Å²) < 4.78 is 1.80. The second kappa shape index (κ2) is 4.81. The van der Waals surface area contributed by atoms with E-state index >= 15 is 0 Å². The van der Waals surface area contributed by atoms with Crippen LogP contribution in [0, 0.1) is 0 Å². The number of hydrogen-bond donors (Lipinski definition) is 1. The summed E-state index contributed by atoms with van der Waals surface area (Å²) in [5.74, 6) is 0. The van der Waals surface area contributed by atoms with Gasteiger partial charge in [0, 0.05) is 24.7 Å². The van der Waals surface area contributed by atoms with Crippen LogP contribution < -0.4 is 10.9 Å². The summed E-state index contributed by atoms with van der Waals surface area (Å²) in [5.41, 5.74) is 4.07. The molecule has 1 N–H and O–H groups in total. The highest BCUT2D eigenvalue weighted by atomic mass is 32.1. The molecule has 2 aromatic rings. The Morgan fingerprint density at radius 1 is 1.47 bits per heavy atom. The van der Waals surface area contributed by atoms with E-state index in [1.54, 1.807) is 15.9 Å². The molecule has 1 aliphatic rings. The number of pyridine rings is 1. The molecule has 2 heterocycles. The van der Waals surface area contributed by atoms with E-state index in [2.05, 4.69) is 10.3 Å². The lowest BCUT2D eigenvalue weighted by Crippen LogP contribution is -2.22. The molecule has 19 heavy (non-hydrogen) atoms. The van der Waals surface area contributed by atoms with Gasteiger partial charge < -0.3 is 9.88 Å². The molecule has 5 heteroatoms. The maximum atomic E-state index is 12.4. The molecule has 4 nitrogen and oxygen atoms in total. The predicted octanol–water partition coefficient (Wildman–Crippen LogP) is 2.43. The number of hydrogen-bond acceptors (Lipinski definition) is 4. The van der Waals surface area contributed by atoms with Crippen LogP contribution in [0.15, 0.2) is 16.2 Å². The van der Waals surface area contributed by atoms with Gasteiger partial charge in [-0.3, -0.25) is 4.79 Å². The highest BCUT2D eigenvalue weighted by Gasteiger charge is 2.19. The first-order valence-corrected chi connectivity index (χ1v) is 7.50. The number of nitrogens with one attached hydrogen (secondary N) is 1. The van der Waals surface area contributed by atoms with Crippen molar-refractivity contribution in [3.63, 3.8) is 0 Å². The van der Waals surface area contributed by atoms with E-state index in [1.165, 1.54) is 11.3 Å². The minimum absolute atomic E-state index is 0.0639. The van der Waals surface area contributed by atoms with Crippen LogP contribution >= 0.6 is 11.3 Å². The molecule has 0 saturated carbocycles. The number of aryl methyl sites for hydroxylation is 1. The SMILES string of the molecule is CCNc1nc(-c2cc3c(n(C)c2=O)CCC3)cs1. The van der Waals surface area contributed by atoms with Crippen molar-refractivity contribution in [1.82, 2.24) is 9.55 Å². The molecule has 2 aromatic heterocycles. The molecular weight excluding hydrogens is 258 g/mol. The summed E-state index contributed by atoms with van der Waals surface area (Å²) in [6, 6.07) is 2.04. The highest BCUT2D eigenvalue weighted by molar-refractivity contribution is 7.14. The van der Waals surface area contributed by atoms with Gasteiger partial charge in [0.1, 0.15) is 0 Å². The molecule has 0 unspecified atom stereocenters. The molecule has 0 fully saturated rings. The third-order valence-corrected chi connectivity index (χ3v) is 4.40. The van der Waals surface area contributed by atoms with Gasteiger partial charge in [0.05, 0.1) is 11.3 Å². The summed E-state index contributed by atoms with van der Waals surface area (Å²) >= 11 is 1.55. The van der Waals surface area contributed by atoms with Crippen LogP contribution in [0.2, 0.25) is 0 Å². The maximum Gasteiger partial charge on any atom is 0.259 e. The van der Waals surface area contributed by atoms with Gasteiger partial charge in [-0.25, -0.2) is 4.98 Å². The normalized spacial score (nSPS) is 13.6. The molecule has 0 aliphatic heterocycles. The Labute approximate surface area is 116 Å². The molecule has 0 aromatic carbocycles. The first kappa shape index (κ1) is 12.4. The first-order valence-electron chi connectivity index (χ1n) is 6.62. The Bertz CT molecular complexity index is 672. The van der Waals surface area contributed by atoms with Crippen molar-refractivity contribution in [1.29, 1.82) is 0 Å². The molecule has 3 rings (SSSR count). The van der Waals surface area contributed by atoms with Gasteiger partial charge >= 0.3 is 0 Å². The zero-order valence-corrected chi connectivity index (χ0v) is 12.0. The lowest BCUT2D eigenvalue weighted by Gasteiger charge is -2.08. The number of thiazole rings is 1. The maximum absolute atomic E-state index is 12.4. The largest absolute Gasteiger partial charge is 0.362 e. The van der Waals surface area contributed by atoms with Gasteiger partial charge in [-0.1, -0.05) is 0 Å². The fourth-order valence-corrected chi connectivity index (χ4v) is 3.42. The zero-order chi connectivity index (χ0) is 13.4. The zero-order valence-electron chi connectivity index (χ0n) is 11.2. The van der Waals surface area contributed by atoms with Crippen molar-refractivity contribution in [2.24, 2.45) is 7.05 Å². The molecule has 0 atom stereocenters. The van der Waals surface area contributed by atoms with Crippen molar-refractivity contribution in [3.8, 4) is 11.3 Å². The van der Waals surface area contributed by atoms with Crippen LogP contribution in [0.1, 0.15) is 24.6 Å². The Kier molecular flexibility index (Phi) is 3.14. The van der Waals surface area contributed by atoms with Gasteiger partial charge in [0.25, 0.3) is 5.56 Å². The molecule has 1 aliphatic carbocycles. The van der Waals surface area contributed by atoms with E-state index in [9.17, 15) is 4.79 Å². The van der Waals surface area contributed by atoms with Crippen molar-refractivity contribution >= 4 is 16.5 Å². The number of anilines is 1. The Morgan fingerprint density at radius 3 is 3.11 bits per heavy atom. The molecule has 0 bridgehead atoms. The Balaban J connectivity index is 2.09. The quantitative estimate of drug-likeness (QED) is 0.936. The van der Waals surface area contributed by atoms with Crippen LogP contribution in [0.4, 0.5) is 5.13 Å². The minimum Gasteiger partial charge on any atom is -0.362 e. The first-order chi connectivity index (χ1) is 9.20. The summed E-state index contributed by atoms with van der Waals surface area (Å²) in [7, 11) is 1.87. The standard InChI is InChI=1S/C14H17N3OS/c1-3-15-14-16-11(8-19-14)10-7-9-5-4-6-12(9)17(2)13(10)18/h7-8H,3-6H2,1-2H3,(H,15,16). The third kappa shape index (κ3) is 2.08. The number of aromatic nitrogens is 2. The second-order valence-corrected chi connectivity index (χ2v) is 5.67. The summed E-state index contributed by atoms with van der Waals surface area (Å²) in [5, 5.41) is 6.01. The lowest BCUT2D eigenvalue weighted by atomic mass is 10.1. The fourth-order valence-electron chi connectivity index (χ4n) is 2.64. The van der Waals surface area contributed by atoms with Gasteiger partial charge in [0.15, 0.2) is 5.13 Å². The topological polar surface area (TPSA) is 46.9 Å².